The molecule has 18 heavy (non-hydrogen) atoms. The summed E-state index contributed by atoms with van der Waals surface area (Å²) in [6.45, 7) is 4.61. The van der Waals surface area contributed by atoms with Crippen LogP contribution in [-0.2, 0) is 10.0 Å². The van der Waals surface area contributed by atoms with E-state index in [-0.39, 0.29) is 11.1 Å². The zero-order valence-electron chi connectivity index (χ0n) is 10.6. The first-order valence-electron chi connectivity index (χ1n) is 6.32. The summed E-state index contributed by atoms with van der Waals surface area (Å²) in [5.74, 6) is 0. The first kappa shape index (κ1) is 13.5. The van der Waals surface area contributed by atoms with Crippen molar-refractivity contribution < 1.29 is 8.42 Å². The van der Waals surface area contributed by atoms with Gasteiger partial charge in [0, 0.05) is 12.6 Å². The average Bonchev–Trinajstić information content (AvgIpc) is 2.92. The maximum Gasteiger partial charge on any atom is 0.257 e. The number of piperidine rings is 1. The predicted octanol–water partition coefficient (Wildman–Crippen LogP) is 0.562. The van der Waals surface area contributed by atoms with Crippen molar-refractivity contribution in [3.63, 3.8) is 0 Å². The number of rotatable bonds is 5. The van der Waals surface area contributed by atoms with Gasteiger partial charge >= 0.3 is 0 Å². The third-order valence-electron chi connectivity index (χ3n) is 3.35. The van der Waals surface area contributed by atoms with Crippen molar-refractivity contribution in [2.75, 3.05) is 19.6 Å². The lowest BCUT2D eigenvalue weighted by Gasteiger charge is -2.32. The van der Waals surface area contributed by atoms with Gasteiger partial charge in [-0.25, -0.2) is 18.1 Å². The number of aromatic nitrogens is 2. The molecule has 0 amide bonds. The Bertz CT molecular complexity index is 451. The predicted molar refractivity (Wildman–Crippen MR) is 68.7 cm³/mol. The Morgan fingerprint density at radius 2 is 2.17 bits per heavy atom. The molecule has 1 unspecified atom stereocenters. The smallest absolute Gasteiger partial charge is 0.257 e. The van der Waals surface area contributed by atoms with Crippen molar-refractivity contribution >= 4 is 10.0 Å². The maximum absolute atomic E-state index is 11.9. The Morgan fingerprint density at radius 3 is 2.78 bits per heavy atom. The van der Waals surface area contributed by atoms with Gasteiger partial charge in [0.1, 0.15) is 0 Å². The van der Waals surface area contributed by atoms with Crippen molar-refractivity contribution in [3.05, 3.63) is 12.5 Å². The highest BCUT2D eigenvalue weighted by molar-refractivity contribution is 7.89. The molecular weight excluding hydrogens is 252 g/mol. The highest BCUT2D eigenvalue weighted by atomic mass is 32.2. The van der Waals surface area contributed by atoms with E-state index in [1.54, 1.807) is 0 Å². The second kappa shape index (κ2) is 5.81. The summed E-state index contributed by atoms with van der Waals surface area (Å²) in [5, 5.41) is 0.119. The molecule has 0 saturated carbocycles. The molecule has 102 valence electrons. The zero-order chi connectivity index (χ0) is 13.0. The van der Waals surface area contributed by atoms with E-state index in [1.807, 2.05) is 0 Å². The fourth-order valence-electron chi connectivity index (χ4n) is 2.19. The minimum absolute atomic E-state index is 0.119. The topological polar surface area (TPSA) is 78.1 Å². The van der Waals surface area contributed by atoms with E-state index in [1.165, 1.54) is 31.8 Å². The molecule has 0 aromatic carbocycles. The molecule has 1 aromatic heterocycles. The Hall–Kier alpha value is -0.920. The van der Waals surface area contributed by atoms with E-state index in [4.69, 9.17) is 0 Å². The van der Waals surface area contributed by atoms with Crippen molar-refractivity contribution in [1.82, 2.24) is 19.6 Å². The van der Waals surface area contributed by atoms with Crippen molar-refractivity contribution in [3.8, 4) is 0 Å². The monoisotopic (exact) mass is 272 g/mol. The summed E-state index contributed by atoms with van der Waals surface area (Å²) in [5.41, 5.74) is 0. The molecule has 2 rings (SSSR count). The molecule has 6 nitrogen and oxygen atoms in total. The number of sulfonamides is 1. The van der Waals surface area contributed by atoms with E-state index in [2.05, 4.69) is 26.5 Å². The van der Waals surface area contributed by atoms with Crippen molar-refractivity contribution in [2.24, 2.45) is 0 Å². The summed E-state index contributed by atoms with van der Waals surface area (Å²) < 4.78 is 26.4. The van der Waals surface area contributed by atoms with Gasteiger partial charge in [0.05, 0.1) is 12.5 Å². The Kier molecular flexibility index (Phi) is 4.36. The lowest BCUT2D eigenvalue weighted by Crippen LogP contribution is -2.44. The first-order valence-corrected chi connectivity index (χ1v) is 7.80. The van der Waals surface area contributed by atoms with E-state index in [0.717, 1.165) is 13.1 Å². The van der Waals surface area contributed by atoms with Gasteiger partial charge in [0.25, 0.3) is 10.0 Å². The van der Waals surface area contributed by atoms with E-state index >= 15 is 0 Å². The summed E-state index contributed by atoms with van der Waals surface area (Å²) in [6, 6.07) is 0.225. The van der Waals surface area contributed by atoms with Crippen molar-refractivity contribution in [1.29, 1.82) is 0 Å². The Balaban J connectivity index is 1.87. The third-order valence-corrected chi connectivity index (χ3v) is 4.69. The molecule has 2 heterocycles. The first-order chi connectivity index (χ1) is 8.59. The molecule has 1 saturated heterocycles. The standard InChI is InChI=1S/C11H20N4O2S/c1-10(15-5-3-2-4-6-15)7-14-18(16,17)11-8-12-9-13-11/h8-10,14H,2-7H2,1H3,(H,12,13). The van der Waals surface area contributed by atoms with E-state index in [0.29, 0.717) is 6.54 Å². The van der Waals surface area contributed by atoms with Crippen LogP contribution >= 0.6 is 0 Å². The molecular formula is C11H20N4O2S. The van der Waals surface area contributed by atoms with Crippen LogP contribution in [0, 0.1) is 0 Å². The van der Waals surface area contributed by atoms with Crippen LogP contribution in [0.1, 0.15) is 26.2 Å². The summed E-state index contributed by atoms with van der Waals surface area (Å²) in [6.07, 6.45) is 6.37. The van der Waals surface area contributed by atoms with Crippen LogP contribution in [0.4, 0.5) is 0 Å². The van der Waals surface area contributed by atoms with Crippen LogP contribution in [0.5, 0.6) is 0 Å². The average molecular weight is 272 g/mol. The largest absolute Gasteiger partial charge is 0.335 e. The van der Waals surface area contributed by atoms with Crippen LogP contribution in [0.2, 0.25) is 0 Å². The molecule has 0 spiro atoms. The molecule has 1 atom stereocenters. The lowest BCUT2D eigenvalue weighted by atomic mass is 10.1. The van der Waals surface area contributed by atoms with Crippen LogP contribution < -0.4 is 4.72 Å². The Labute approximate surface area is 108 Å². The number of aromatic amines is 1. The molecule has 1 fully saturated rings. The van der Waals surface area contributed by atoms with E-state index in [9.17, 15) is 8.42 Å². The Morgan fingerprint density at radius 1 is 1.44 bits per heavy atom. The van der Waals surface area contributed by atoms with Gasteiger partial charge in [-0.3, -0.25) is 4.90 Å². The number of H-pyrrole nitrogens is 1. The number of likely N-dealkylation sites (tertiary alicyclic amines) is 1. The summed E-state index contributed by atoms with van der Waals surface area (Å²) in [7, 11) is -3.45. The quantitative estimate of drug-likeness (QED) is 0.821. The van der Waals surface area contributed by atoms with Gasteiger partial charge in [-0.15, -0.1) is 0 Å². The molecule has 7 heteroatoms. The minimum Gasteiger partial charge on any atom is -0.335 e. The lowest BCUT2D eigenvalue weighted by molar-refractivity contribution is 0.175. The van der Waals surface area contributed by atoms with Gasteiger partial charge in [0.15, 0.2) is 5.03 Å². The zero-order valence-corrected chi connectivity index (χ0v) is 11.4. The van der Waals surface area contributed by atoms with Gasteiger partial charge in [-0.05, 0) is 32.9 Å². The van der Waals surface area contributed by atoms with E-state index < -0.39 is 10.0 Å². The molecule has 1 aliphatic heterocycles. The molecule has 0 bridgehead atoms. The molecule has 0 aliphatic carbocycles. The number of imidazole rings is 1. The summed E-state index contributed by atoms with van der Waals surface area (Å²) >= 11 is 0. The second-order valence-corrected chi connectivity index (χ2v) is 6.45. The third kappa shape index (κ3) is 3.30. The maximum atomic E-state index is 11.9. The molecule has 1 aliphatic rings. The summed E-state index contributed by atoms with van der Waals surface area (Å²) in [4.78, 5) is 8.66. The number of nitrogens with zero attached hydrogens (tertiary/aromatic N) is 2. The van der Waals surface area contributed by atoms with Crippen LogP contribution in [0.3, 0.4) is 0 Å². The highest BCUT2D eigenvalue weighted by Crippen LogP contribution is 2.12. The second-order valence-electron chi connectivity index (χ2n) is 4.71. The highest BCUT2D eigenvalue weighted by Gasteiger charge is 2.20. The van der Waals surface area contributed by atoms with Crippen LogP contribution in [0.15, 0.2) is 17.6 Å². The van der Waals surface area contributed by atoms with Gasteiger partial charge < -0.3 is 4.98 Å². The number of hydrogen-bond donors (Lipinski definition) is 2. The fourth-order valence-corrected chi connectivity index (χ4v) is 3.21. The molecule has 2 N–H and O–H groups in total. The molecule has 0 radical (unpaired) electrons. The van der Waals surface area contributed by atoms with Crippen LogP contribution in [-0.4, -0.2) is 49.0 Å². The van der Waals surface area contributed by atoms with Crippen LogP contribution in [0.25, 0.3) is 0 Å². The van der Waals surface area contributed by atoms with Gasteiger partial charge in [0.2, 0.25) is 0 Å². The normalized spacial score (nSPS) is 19.8. The minimum atomic E-state index is -3.45. The SMILES string of the molecule is CC(CNS(=O)(=O)c1cnc[nH]1)N1CCCCC1. The van der Waals surface area contributed by atoms with Crippen molar-refractivity contribution in [2.45, 2.75) is 37.3 Å². The number of nitrogens with one attached hydrogen (secondary N) is 2. The van der Waals surface area contributed by atoms with Gasteiger partial charge in [-0.1, -0.05) is 6.42 Å². The number of hydrogen-bond acceptors (Lipinski definition) is 4. The molecule has 1 aromatic rings. The fraction of sp³-hybridized carbons (Fsp3) is 0.727. The van der Waals surface area contributed by atoms with Gasteiger partial charge in [-0.2, -0.15) is 0 Å².